The molecule has 0 aliphatic carbocycles. The van der Waals surface area contributed by atoms with Crippen LogP contribution in [-0.2, 0) is 4.79 Å². The number of rotatable bonds is 1. The van der Waals surface area contributed by atoms with Crippen molar-refractivity contribution in [2.24, 2.45) is 0 Å². The minimum Gasteiger partial charge on any atom is -0.335 e. The first kappa shape index (κ1) is 12.5. The Balaban J connectivity index is 2.76. The number of carbonyl (C=O) groups is 1. The molecule has 88 valence electrons. The first-order chi connectivity index (χ1) is 6.73. The van der Waals surface area contributed by atoms with Gasteiger partial charge in [0.05, 0.1) is 6.54 Å². The molecule has 1 heterocycles. The van der Waals surface area contributed by atoms with Gasteiger partial charge in [-0.15, -0.1) is 0 Å². The standard InChI is InChI=1S/C12H24N2O/c1-9(2)14-10(3)7-13(8-11(14)15)12(4,5)6/h9-10H,7-8H2,1-6H3/t10-/m0/s1. The van der Waals surface area contributed by atoms with Gasteiger partial charge in [-0.05, 0) is 41.5 Å². The Kier molecular flexibility index (Phi) is 3.44. The molecule has 0 unspecified atom stereocenters. The van der Waals surface area contributed by atoms with E-state index in [0.29, 0.717) is 18.6 Å². The van der Waals surface area contributed by atoms with Crippen molar-refractivity contribution in [2.45, 2.75) is 59.2 Å². The SMILES string of the molecule is CC(C)N1C(=O)CN(C(C)(C)C)C[C@@H]1C. The van der Waals surface area contributed by atoms with Gasteiger partial charge in [0.25, 0.3) is 0 Å². The van der Waals surface area contributed by atoms with Gasteiger partial charge >= 0.3 is 0 Å². The molecular formula is C12H24N2O. The van der Waals surface area contributed by atoms with Crippen LogP contribution in [0.25, 0.3) is 0 Å². The molecule has 1 aliphatic heterocycles. The zero-order chi connectivity index (χ0) is 11.8. The predicted molar refractivity (Wildman–Crippen MR) is 62.8 cm³/mol. The molecule has 0 saturated carbocycles. The normalized spacial score (nSPS) is 25.1. The molecule has 3 nitrogen and oxygen atoms in total. The summed E-state index contributed by atoms with van der Waals surface area (Å²) in [5, 5.41) is 0. The zero-order valence-corrected chi connectivity index (χ0v) is 10.9. The molecule has 0 spiro atoms. The summed E-state index contributed by atoms with van der Waals surface area (Å²) in [4.78, 5) is 16.3. The van der Waals surface area contributed by atoms with Crippen LogP contribution in [0.1, 0.15) is 41.5 Å². The lowest BCUT2D eigenvalue weighted by molar-refractivity contribution is -0.144. The molecule has 1 rings (SSSR count). The third-order valence-electron chi connectivity index (χ3n) is 3.08. The Morgan fingerprint density at radius 3 is 2.20 bits per heavy atom. The van der Waals surface area contributed by atoms with Crippen molar-refractivity contribution in [1.29, 1.82) is 0 Å². The van der Waals surface area contributed by atoms with Gasteiger partial charge < -0.3 is 4.90 Å². The van der Waals surface area contributed by atoms with Crippen LogP contribution in [0.3, 0.4) is 0 Å². The van der Waals surface area contributed by atoms with Crippen LogP contribution in [0.4, 0.5) is 0 Å². The summed E-state index contributed by atoms with van der Waals surface area (Å²) in [6.07, 6.45) is 0. The van der Waals surface area contributed by atoms with Crippen molar-refractivity contribution in [3.63, 3.8) is 0 Å². The molecule has 0 aromatic rings. The first-order valence-corrected chi connectivity index (χ1v) is 5.79. The second-order valence-corrected chi connectivity index (χ2v) is 5.80. The van der Waals surface area contributed by atoms with Crippen molar-refractivity contribution in [2.75, 3.05) is 13.1 Å². The number of hydrogen-bond acceptors (Lipinski definition) is 2. The lowest BCUT2D eigenvalue weighted by Gasteiger charge is -2.46. The highest BCUT2D eigenvalue weighted by Crippen LogP contribution is 2.21. The molecule has 1 fully saturated rings. The average Bonchev–Trinajstić information content (AvgIpc) is 1.99. The lowest BCUT2D eigenvalue weighted by atomic mass is 10.0. The minimum absolute atomic E-state index is 0.0903. The summed E-state index contributed by atoms with van der Waals surface area (Å²) in [6.45, 7) is 14.3. The zero-order valence-electron chi connectivity index (χ0n) is 10.9. The molecule has 1 aliphatic rings. The Bertz CT molecular complexity index is 242. The van der Waals surface area contributed by atoms with E-state index < -0.39 is 0 Å². The predicted octanol–water partition coefficient (Wildman–Crippen LogP) is 1.73. The highest BCUT2D eigenvalue weighted by molar-refractivity contribution is 5.79. The Hall–Kier alpha value is -0.570. The van der Waals surface area contributed by atoms with Gasteiger partial charge in [-0.25, -0.2) is 0 Å². The van der Waals surface area contributed by atoms with Crippen LogP contribution in [-0.4, -0.2) is 46.4 Å². The van der Waals surface area contributed by atoms with E-state index in [0.717, 1.165) is 6.54 Å². The third kappa shape index (κ3) is 2.71. The number of carbonyl (C=O) groups excluding carboxylic acids is 1. The van der Waals surface area contributed by atoms with Crippen molar-refractivity contribution in [1.82, 2.24) is 9.80 Å². The Labute approximate surface area is 93.4 Å². The molecule has 15 heavy (non-hydrogen) atoms. The molecule has 0 N–H and O–H groups in total. The maximum absolute atomic E-state index is 12.0. The second kappa shape index (κ2) is 4.12. The summed E-state index contributed by atoms with van der Waals surface area (Å²) < 4.78 is 0. The quantitative estimate of drug-likeness (QED) is 0.661. The molecule has 0 aromatic carbocycles. The average molecular weight is 212 g/mol. The molecule has 1 atom stereocenters. The van der Waals surface area contributed by atoms with Crippen LogP contribution in [0.15, 0.2) is 0 Å². The van der Waals surface area contributed by atoms with Crippen molar-refractivity contribution < 1.29 is 4.79 Å². The molecular weight excluding hydrogens is 188 g/mol. The summed E-state index contributed by atoms with van der Waals surface area (Å²) >= 11 is 0. The number of nitrogens with zero attached hydrogens (tertiary/aromatic N) is 2. The summed E-state index contributed by atoms with van der Waals surface area (Å²) in [7, 11) is 0. The van der Waals surface area contributed by atoms with E-state index in [1.54, 1.807) is 0 Å². The van der Waals surface area contributed by atoms with Crippen molar-refractivity contribution >= 4 is 5.91 Å². The van der Waals surface area contributed by atoms with Gasteiger partial charge in [0.1, 0.15) is 0 Å². The third-order valence-corrected chi connectivity index (χ3v) is 3.08. The van der Waals surface area contributed by atoms with Gasteiger partial charge in [-0.3, -0.25) is 9.69 Å². The van der Waals surface area contributed by atoms with Gasteiger partial charge in [0, 0.05) is 24.2 Å². The van der Waals surface area contributed by atoms with Gasteiger partial charge in [0.15, 0.2) is 0 Å². The Morgan fingerprint density at radius 2 is 1.87 bits per heavy atom. The fourth-order valence-electron chi connectivity index (χ4n) is 2.27. The second-order valence-electron chi connectivity index (χ2n) is 5.80. The molecule has 1 saturated heterocycles. The highest BCUT2D eigenvalue weighted by Gasteiger charge is 2.35. The highest BCUT2D eigenvalue weighted by atomic mass is 16.2. The van der Waals surface area contributed by atoms with E-state index in [9.17, 15) is 4.79 Å². The molecule has 0 radical (unpaired) electrons. The smallest absolute Gasteiger partial charge is 0.237 e. The van der Waals surface area contributed by atoms with Gasteiger partial charge in [-0.1, -0.05) is 0 Å². The summed E-state index contributed by atoms with van der Waals surface area (Å²) in [6, 6.07) is 0.639. The minimum atomic E-state index is 0.0903. The van der Waals surface area contributed by atoms with E-state index in [-0.39, 0.29) is 11.4 Å². The van der Waals surface area contributed by atoms with Gasteiger partial charge in [-0.2, -0.15) is 0 Å². The van der Waals surface area contributed by atoms with E-state index in [1.165, 1.54) is 0 Å². The van der Waals surface area contributed by atoms with Crippen molar-refractivity contribution in [3.8, 4) is 0 Å². The van der Waals surface area contributed by atoms with Crippen LogP contribution in [0, 0.1) is 0 Å². The van der Waals surface area contributed by atoms with Gasteiger partial charge in [0.2, 0.25) is 5.91 Å². The molecule has 0 aromatic heterocycles. The fourth-order valence-corrected chi connectivity index (χ4v) is 2.27. The maximum atomic E-state index is 12.0. The van der Waals surface area contributed by atoms with E-state index in [2.05, 4.69) is 46.4 Å². The largest absolute Gasteiger partial charge is 0.335 e. The number of piperazine rings is 1. The first-order valence-electron chi connectivity index (χ1n) is 5.79. The number of amides is 1. The molecule has 3 heteroatoms. The van der Waals surface area contributed by atoms with E-state index >= 15 is 0 Å². The topological polar surface area (TPSA) is 23.6 Å². The Morgan fingerprint density at radius 1 is 1.33 bits per heavy atom. The van der Waals surface area contributed by atoms with Crippen LogP contribution >= 0.6 is 0 Å². The summed E-state index contributed by atoms with van der Waals surface area (Å²) in [5.74, 6) is 0.263. The monoisotopic (exact) mass is 212 g/mol. The van der Waals surface area contributed by atoms with Crippen LogP contribution < -0.4 is 0 Å². The molecule has 0 bridgehead atoms. The summed E-state index contributed by atoms with van der Waals surface area (Å²) in [5.41, 5.74) is 0.0903. The fraction of sp³-hybridized carbons (Fsp3) is 0.917. The number of hydrogen-bond donors (Lipinski definition) is 0. The van der Waals surface area contributed by atoms with Crippen molar-refractivity contribution in [3.05, 3.63) is 0 Å². The van der Waals surface area contributed by atoms with Crippen LogP contribution in [0.5, 0.6) is 0 Å². The van der Waals surface area contributed by atoms with E-state index in [1.807, 2.05) is 4.90 Å². The molecule has 1 amide bonds. The lowest BCUT2D eigenvalue weighted by Crippen LogP contribution is -2.61. The van der Waals surface area contributed by atoms with Crippen LogP contribution in [0.2, 0.25) is 0 Å². The maximum Gasteiger partial charge on any atom is 0.237 e. The van der Waals surface area contributed by atoms with E-state index in [4.69, 9.17) is 0 Å².